The average molecular weight is 206 g/mol. The van der Waals surface area contributed by atoms with Gasteiger partial charge in [-0.1, -0.05) is 27.2 Å². The average Bonchev–Trinajstić information content (AvgIpc) is 2.29. The minimum atomic E-state index is 1.15. The van der Waals surface area contributed by atoms with Gasteiger partial charge in [-0.05, 0) is 24.8 Å². The van der Waals surface area contributed by atoms with Crippen molar-refractivity contribution in [3.63, 3.8) is 0 Å². The Kier molecular flexibility index (Phi) is 5.38. The van der Waals surface area contributed by atoms with Gasteiger partial charge in [0.15, 0.2) is 12.4 Å². The van der Waals surface area contributed by atoms with Crippen LogP contribution in [-0.4, -0.2) is 0 Å². The minimum absolute atomic E-state index is 1.15. The van der Waals surface area contributed by atoms with Crippen molar-refractivity contribution in [2.45, 2.75) is 59.4 Å². The van der Waals surface area contributed by atoms with Crippen molar-refractivity contribution < 1.29 is 4.57 Å². The molecule has 0 N–H and O–H groups in total. The van der Waals surface area contributed by atoms with Gasteiger partial charge < -0.3 is 0 Å². The molecule has 0 saturated carbocycles. The van der Waals surface area contributed by atoms with Crippen LogP contribution in [0.3, 0.4) is 0 Å². The van der Waals surface area contributed by atoms with Gasteiger partial charge in [-0.25, -0.2) is 4.57 Å². The van der Waals surface area contributed by atoms with Crippen LogP contribution in [0.5, 0.6) is 0 Å². The fraction of sp³-hybridized carbons (Fsp3) is 0.643. The van der Waals surface area contributed by atoms with Gasteiger partial charge >= 0.3 is 0 Å². The first-order chi connectivity index (χ1) is 7.31. The summed E-state index contributed by atoms with van der Waals surface area (Å²) in [5.41, 5.74) is 3.01. The van der Waals surface area contributed by atoms with Crippen LogP contribution in [0.25, 0.3) is 0 Å². The van der Waals surface area contributed by atoms with Crippen LogP contribution >= 0.6 is 0 Å². The number of aryl methyl sites for hydroxylation is 3. The summed E-state index contributed by atoms with van der Waals surface area (Å²) in [7, 11) is 0. The van der Waals surface area contributed by atoms with E-state index in [1.54, 1.807) is 0 Å². The van der Waals surface area contributed by atoms with Gasteiger partial charge in [-0.15, -0.1) is 0 Å². The van der Waals surface area contributed by atoms with E-state index in [1.807, 2.05) is 0 Å². The molecule has 1 nitrogen and oxygen atoms in total. The lowest BCUT2D eigenvalue weighted by Crippen LogP contribution is -2.33. The van der Waals surface area contributed by atoms with Crippen molar-refractivity contribution >= 4 is 0 Å². The second kappa shape index (κ2) is 6.60. The van der Waals surface area contributed by atoms with E-state index in [0.29, 0.717) is 0 Å². The van der Waals surface area contributed by atoms with Crippen LogP contribution < -0.4 is 4.57 Å². The predicted molar refractivity (Wildman–Crippen MR) is 64.9 cm³/mol. The molecule has 1 aromatic heterocycles. The number of pyridine rings is 1. The van der Waals surface area contributed by atoms with Crippen LogP contribution in [0.15, 0.2) is 18.5 Å². The number of aromatic nitrogens is 1. The minimum Gasteiger partial charge on any atom is -0.205 e. The largest absolute Gasteiger partial charge is 0.205 e. The summed E-state index contributed by atoms with van der Waals surface area (Å²) < 4.78 is 2.34. The fourth-order valence-corrected chi connectivity index (χ4v) is 1.97. The third-order valence-electron chi connectivity index (χ3n) is 2.98. The van der Waals surface area contributed by atoms with Crippen LogP contribution in [0.4, 0.5) is 0 Å². The Bertz CT molecular complexity index is 291. The van der Waals surface area contributed by atoms with Crippen molar-refractivity contribution in [2.24, 2.45) is 0 Å². The summed E-state index contributed by atoms with van der Waals surface area (Å²) in [6.07, 6.45) is 10.8. The van der Waals surface area contributed by atoms with E-state index >= 15 is 0 Å². The Labute approximate surface area is 94.1 Å². The topological polar surface area (TPSA) is 3.88 Å². The third-order valence-corrected chi connectivity index (χ3v) is 2.98. The Balaban J connectivity index is 2.66. The smallest absolute Gasteiger partial charge is 0.172 e. The Morgan fingerprint density at radius 1 is 1.00 bits per heavy atom. The molecule has 0 spiro atoms. The maximum Gasteiger partial charge on any atom is 0.172 e. The van der Waals surface area contributed by atoms with E-state index in [0.717, 1.165) is 12.8 Å². The molecule has 1 aromatic rings. The summed E-state index contributed by atoms with van der Waals surface area (Å²) in [4.78, 5) is 0. The SMILES string of the molecule is CCCCC[n+]1ccc(CC)c(CC)c1. The summed E-state index contributed by atoms with van der Waals surface area (Å²) in [6, 6.07) is 2.28. The number of rotatable bonds is 6. The maximum atomic E-state index is 2.34. The Morgan fingerprint density at radius 3 is 2.33 bits per heavy atom. The van der Waals surface area contributed by atoms with E-state index in [4.69, 9.17) is 0 Å². The zero-order valence-electron chi connectivity index (χ0n) is 10.4. The van der Waals surface area contributed by atoms with Crippen molar-refractivity contribution in [3.05, 3.63) is 29.6 Å². The first-order valence-electron chi connectivity index (χ1n) is 6.32. The van der Waals surface area contributed by atoms with Gasteiger partial charge in [0.1, 0.15) is 6.54 Å². The molecule has 0 aliphatic rings. The van der Waals surface area contributed by atoms with Crippen molar-refractivity contribution in [3.8, 4) is 0 Å². The van der Waals surface area contributed by atoms with Gasteiger partial charge in [0.2, 0.25) is 0 Å². The Hall–Kier alpha value is -0.850. The number of unbranched alkanes of at least 4 members (excludes halogenated alkanes) is 2. The molecule has 0 aliphatic carbocycles. The maximum absolute atomic E-state index is 2.34. The molecule has 0 fully saturated rings. The number of hydrogen-bond acceptors (Lipinski definition) is 0. The quantitative estimate of drug-likeness (QED) is 0.497. The first-order valence-corrected chi connectivity index (χ1v) is 6.32. The predicted octanol–water partition coefficient (Wildman–Crippen LogP) is 3.29. The van der Waals surface area contributed by atoms with Crippen LogP contribution in [0.1, 0.15) is 51.2 Å². The molecule has 15 heavy (non-hydrogen) atoms. The molecule has 0 unspecified atom stereocenters. The molecule has 1 heterocycles. The van der Waals surface area contributed by atoms with E-state index in [9.17, 15) is 0 Å². The normalized spacial score (nSPS) is 10.6. The van der Waals surface area contributed by atoms with Crippen molar-refractivity contribution in [1.29, 1.82) is 0 Å². The molecule has 1 heteroatoms. The number of hydrogen-bond donors (Lipinski definition) is 0. The highest BCUT2D eigenvalue weighted by Crippen LogP contribution is 2.07. The van der Waals surface area contributed by atoms with Crippen LogP contribution in [0.2, 0.25) is 0 Å². The van der Waals surface area contributed by atoms with Gasteiger partial charge in [0.25, 0.3) is 0 Å². The second-order valence-electron chi connectivity index (χ2n) is 4.15. The number of nitrogens with zero attached hydrogens (tertiary/aromatic N) is 1. The molecule has 0 bridgehead atoms. The lowest BCUT2D eigenvalue weighted by Gasteiger charge is -2.04. The monoisotopic (exact) mass is 206 g/mol. The molecule has 0 saturated heterocycles. The van der Waals surface area contributed by atoms with Crippen LogP contribution in [0, 0.1) is 0 Å². The molecule has 0 aromatic carbocycles. The van der Waals surface area contributed by atoms with Crippen molar-refractivity contribution in [1.82, 2.24) is 0 Å². The summed E-state index contributed by atoms with van der Waals surface area (Å²) in [5.74, 6) is 0. The second-order valence-corrected chi connectivity index (χ2v) is 4.15. The highest BCUT2D eigenvalue weighted by Gasteiger charge is 2.05. The zero-order valence-corrected chi connectivity index (χ0v) is 10.4. The molecular weight excluding hydrogens is 182 g/mol. The lowest BCUT2D eigenvalue weighted by molar-refractivity contribution is -0.697. The van der Waals surface area contributed by atoms with Crippen molar-refractivity contribution in [2.75, 3.05) is 0 Å². The van der Waals surface area contributed by atoms with E-state index < -0.39 is 0 Å². The Morgan fingerprint density at radius 2 is 1.73 bits per heavy atom. The molecule has 0 aliphatic heterocycles. The molecule has 84 valence electrons. The molecule has 0 atom stereocenters. The summed E-state index contributed by atoms with van der Waals surface area (Å²) >= 11 is 0. The third kappa shape index (κ3) is 3.65. The molecule has 0 amide bonds. The first kappa shape index (κ1) is 12.2. The van der Waals surface area contributed by atoms with E-state index in [1.165, 1.54) is 36.9 Å². The standard InChI is InChI=1S/C14H24N/c1-4-7-8-10-15-11-9-13(5-2)14(6-3)12-15/h9,11-12H,4-8,10H2,1-3H3/q+1. The van der Waals surface area contributed by atoms with Gasteiger partial charge in [0.05, 0.1) is 0 Å². The van der Waals surface area contributed by atoms with Crippen LogP contribution in [-0.2, 0) is 19.4 Å². The summed E-state index contributed by atoms with van der Waals surface area (Å²) in [6.45, 7) is 7.90. The molecule has 0 radical (unpaired) electrons. The van der Waals surface area contributed by atoms with Gasteiger partial charge in [-0.3, -0.25) is 0 Å². The summed E-state index contributed by atoms with van der Waals surface area (Å²) in [5, 5.41) is 0. The fourth-order valence-electron chi connectivity index (χ4n) is 1.97. The highest BCUT2D eigenvalue weighted by atomic mass is 14.9. The van der Waals surface area contributed by atoms with Gasteiger partial charge in [-0.2, -0.15) is 0 Å². The van der Waals surface area contributed by atoms with Gasteiger partial charge in [0, 0.05) is 18.1 Å². The lowest BCUT2D eigenvalue weighted by atomic mass is 10.1. The highest BCUT2D eigenvalue weighted by molar-refractivity contribution is 5.20. The molecular formula is C14H24N+. The molecule has 1 rings (SSSR count). The zero-order chi connectivity index (χ0) is 11.1. The van der Waals surface area contributed by atoms with E-state index in [-0.39, 0.29) is 0 Å². The van der Waals surface area contributed by atoms with E-state index in [2.05, 4.69) is 43.8 Å².